The molecular formula is C16H25NO3. The first-order chi connectivity index (χ1) is 9.76. The SMILES string of the molecule is COCCCN(CCOC)C1CCc2cc(O)ccc21. The average Bonchev–Trinajstić information content (AvgIpc) is 2.85. The number of hydrogen-bond donors (Lipinski definition) is 1. The highest BCUT2D eigenvalue weighted by Crippen LogP contribution is 2.37. The maximum absolute atomic E-state index is 9.59. The second-order valence-corrected chi connectivity index (χ2v) is 5.31. The van der Waals surface area contributed by atoms with Gasteiger partial charge in [0.1, 0.15) is 5.75 Å². The number of nitrogens with zero attached hydrogens (tertiary/aromatic N) is 1. The maximum Gasteiger partial charge on any atom is 0.115 e. The molecule has 0 radical (unpaired) electrons. The fraction of sp³-hybridized carbons (Fsp3) is 0.625. The van der Waals surface area contributed by atoms with E-state index in [1.165, 1.54) is 11.1 Å². The first-order valence-electron chi connectivity index (χ1n) is 7.30. The Balaban J connectivity index is 2.06. The molecule has 0 fully saturated rings. The Morgan fingerprint density at radius 2 is 2.00 bits per heavy atom. The standard InChI is InChI=1S/C16H25NO3/c1-19-10-3-8-17(9-11-20-2)16-7-4-13-12-14(18)5-6-15(13)16/h5-6,12,16,18H,3-4,7-11H2,1-2H3. The molecule has 2 rings (SSSR count). The lowest BCUT2D eigenvalue weighted by Crippen LogP contribution is -2.32. The monoisotopic (exact) mass is 279 g/mol. The Morgan fingerprint density at radius 1 is 1.20 bits per heavy atom. The van der Waals surface area contributed by atoms with Crippen LogP contribution in [0.4, 0.5) is 0 Å². The molecule has 1 aliphatic rings. The summed E-state index contributed by atoms with van der Waals surface area (Å²) in [6.07, 6.45) is 3.20. The molecule has 0 amide bonds. The van der Waals surface area contributed by atoms with Gasteiger partial charge < -0.3 is 14.6 Å². The van der Waals surface area contributed by atoms with Gasteiger partial charge in [-0.2, -0.15) is 0 Å². The van der Waals surface area contributed by atoms with Crippen molar-refractivity contribution in [2.24, 2.45) is 0 Å². The molecule has 1 aliphatic carbocycles. The van der Waals surface area contributed by atoms with Crippen molar-refractivity contribution in [3.63, 3.8) is 0 Å². The van der Waals surface area contributed by atoms with Crippen molar-refractivity contribution in [3.8, 4) is 5.75 Å². The quantitative estimate of drug-likeness (QED) is 0.742. The molecule has 0 heterocycles. The first kappa shape index (κ1) is 15.3. The van der Waals surface area contributed by atoms with Gasteiger partial charge in [-0.3, -0.25) is 4.90 Å². The Morgan fingerprint density at radius 3 is 2.75 bits per heavy atom. The molecular weight excluding hydrogens is 254 g/mol. The van der Waals surface area contributed by atoms with Crippen molar-refractivity contribution in [1.82, 2.24) is 4.90 Å². The highest BCUT2D eigenvalue weighted by Gasteiger charge is 2.27. The van der Waals surface area contributed by atoms with Crippen LogP contribution in [0.1, 0.15) is 30.0 Å². The average molecular weight is 279 g/mol. The number of hydrogen-bond acceptors (Lipinski definition) is 4. The third-order valence-corrected chi connectivity index (χ3v) is 3.99. The normalized spacial score (nSPS) is 17.6. The predicted molar refractivity (Wildman–Crippen MR) is 79.1 cm³/mol. The van der Waals surface area contributed by atoms with E-state index in [-0.39, 0.29) is 0 Å². The van der Waals surface area contributed by atoms with Crippen LogP contribution in [0.25, 0.3) is 0 Å². The van der Waals surface area contributed by atoms with Crippen molar-refractivity contribution >= 4 is 0 Å². The summed E-state index contributed by atoms with van der Waals surface area (Å²) in [6, 6.07) is 6.20. The lowest BCUT2D eigenvalue weighted by Gasteiger charge is -2.29. The molecule has 1 aromatic rings. The van der Waals surface area contributed by atoms with Gasteiger partial charge in [0.25, 0.3) is 0 Å². The number of phenolic OH excluding ortho intramolecular Hbond substituents is 1. The minimum atomic E-state index is 0.368. The number of aromatic hydroxyl groups is 1. The van der Waals surface area contributed by atoms with Gasteiger partial charge in [-0.05, 0) is 42.5 Å². The number of fused-ring (bicyclic) bond motifs is 1. The zero-order chi connectivity index (χ0) is 14.4. The van der Waals surface area contributed by atoms with Crippen molar-refractivity contribution in [3.05, 3.63) is 29.3 Å². The van der Waals surface area contributed by atoms with Gasteiger partial charge in [-0.25, -0.2) is 0 Å². The van der Waals surface area contributed by atoms with Crippen LogP contribution >= 0.6 is 0 Å². The van der Waals surface area contributed by atoms with E-state index in [2.05, 4.69) is 11.0 Å². The van der Waals surface area contributed by atoms with E-state index in [1.807, 2.05) is 6.07 Å². The van der Waals surface area contributed by atoms with Gasteiger partial charge in [0.15, 0.2) is 0 Å². The van der Waals surface area contributed by atoms with Crippen LogP contribution in [0, 0.1) is 0 Å². The van der Waals surface area contributed by atoms with Crippen LogP contribution in [-0.2, 0) is 15.9 Å². The van der Waals surface area contributed by atoms with Gasteiger partial charge in [-0.1, -0.05) is 6.07 Å². The molecule has 0 saturated heterocycles. The molecule has 0 bridgehead atoms. The van der Waals surface area contributed by atoms with E-state index in [4.69, 9.17) is 9.47 Å². The Bertz CT molecular complexity index is 422. The Hall–Kier alpha value is -1.10. The van der Waals surface area contributed by atoms with E-state index in [0.717, 1.165) is 45.6 Å². The highest BCUT2D eigenvalue weighted by atomic mass is 16.5. The first-order valence-corrected chi connectivity index (χ1v) is 7.30. The molecule has 0 saturated carbocycles. The van der Waals surface area contributed by atoms with Crippen molar-refractivity contribution in [2.75, 3.05) is 40.5 Å². The Labute approximate surface area is 121 Å². The van der Waals surface area contributed by atoms with E-state index < -0.39 is 0 Å². The van der Waals surface area contributed by atoms with E-state index in [0.29, 0.717) is 11.8 Å². The number of aryl methyl sites for hydroxylation is 1. The third kappa shape index (κ3) is 3.72. The van der Waals surface area contributed by atoms with Gasteiger partial charge in [0.05, 0.1) is 6.61 Å². The van der Waals surface area contributed by atoms with Crippen LogP contribution in [0.2, 0.25) is 0 Å². The molecule has 20 heavy (non-hydrogen) atoms. The number of methoxy groups -OCH3 is 2. The molecule has 0 aliphatic heterocycles. The zero-order valence-corrected chi connectivity index (χ0v) is 12.5. The fourth-order valence-electron chi connectivity index (χ4n) is 3.00. The minimum absolute atomic E-state index is 0.368. The van der Waals surface area contributed by atoms with Gasteiger partial charge in [0.2, 0.25) is 0 Å². The Kier molecular flexibility index (Phi) is 5.83. The summed E-state index contributed by atoms with van der Waals surface area (Å²) in [6.45, 7) is 3.49. The molecule has 1 unspecified atom stereocenters. The van der Waals surface area contributed by atoms with Gasteiger partial charge in [-0.15, -0.1) is 0 Å². The molecule has 112 valence electrons. The second kappa shape index (κ2) is 7.62. The second-order valence-electron chi connectivity index (χ2n) is 5.31. The summed E-state index contributed by atoms with van der Waals surface area (Å²) in [5, 5.41) is 9.59. The molecule has 0 aromatic heterocycles. The maximum atomic E-state index is 9.59. The third-order valence-electron chi connectivity index (χ3n) is 3.99. The molecule has 1 atom stereocenters. The van der Waals surface area contributed by atoms with E-state index >= 15 is 0 Å². The van der Waals surface area contributed by atoms with Gasteiger partial charge in [0, 0.05) is 40.0 Å². The van der Waals surface area contributed by atoms with Crippen LogP contribution in [0.3, 0.4) is 0 Å². The van der Waals surface area contributed by atoms with Gasteiger partial charge >= 0.3 is 0 Å². The fourth-order valence-corrected chi connectivity index (χ4v) is 3.00. The topological polar surface area (TPSA) is 41.9 Å². The van der Waals surface area contributed by atoms with Crippen molar-refractivity contribution in [2.45, 2.75) is 25.3 Å². The van der Waals surface area contributed by atoms with Crippen LogP contribution in [0.5, 0.6) is 5.75 Å². The summed E-state index contributed by atoms with van der Waals surface area (Å²) < 4.78 is 10.4. The lowest BCUT2D eigenvalue weighted by molar-refractivity contribution is 0.106. The molecule has 0 spiro atoms. The van der Waals surface area contributed by atoms with Crippen LogP contribution < -0.4 is 0 Å². The van der Waals surface area contributed by atoms with Crippen LogP contribution in [0.15, 0.2) is 18.2 Å². The van der Waals surface area contributed by atoms with Crippen LogP contribution in [-0.4, -0.2) is 50.5 Å². The van der Waals surface area contributed by atoms with E-state index in [9.17, 15) is 5.11 Å². The minimum Gasteiger partial charge on any atom is -0.508 e. The summed E-state index contributed by atoms with van der Waals surface area (Å²) >= 11 is 0. The molecule has 1 N–H and O–H groups in total. The van der Waals surface area contributed by atoms with E-state index in [1.54, 1.807) is 20.3 Å². The number of phenols is 1. The lowest BCUT2D eigenvalue weighted by atomic mass is 10.1. The summed E-state index contributed by atoms with van der Waals surface area (Å²) in [7, 11) is 3.49. The number of ether oxygens (including phenoxy) is 2. The number of rotatable bonds is 8. The van der Waals surface area contributed by atoms with Crippen molar-refractivity contribution < 1.29 is 14.6 Å². The zero-order valence-electron chi connectivity index (χ0n) is 12.5. The summed E-state index contributed by atoms with van der Waals surface area (Å²) in [4.78, 5) is 2.48. The predicted octanol–water partition coefficient (Wildman–Crippen LogP) is 2.36. The molecule has 1 aromatic carbocycles. The molecule has 4 heteroatoms. The summed E-state index contributed by atoms with van der Waals surface area (Å²) in [5.41, 5.74) is 2.64. The largest absolute Gasteiger partial charge is 0.508 e. The molecule has 4 nitrogen and oxygen atoms in total. The smallest absolute Gasteiger partial charge is 0.115 e. The number of benzene rings is 1. The summed E-state index contributed by atoms with van der Waals surface area (Å²) in [5.74, 6) is 0.368. The highest BCUT2D eigenvalue weighted by molar-refractivity contribution is 5.40. The van der Waals surface area contributed by atoms with Crippen molar-refractivity contribution in [1.29, 1.82) is 0 Å².